The van der Waals surface area contributed by atoms with Crippen LogP contribution in [-0.4, -0.2) is 35.4 Å². The lowest BCUT2D eigenvalue weighted by atomic mass is 10.0. The Kier molecular flexibility index (Phi) is 9.39. The molecule has 0 aliphatic carbocycles. The topological polar surface area (TPSA) is 58.6 Å². The molecule has 0 saturated carbocycles. The van der Waals surface area contributed by atoms with Gasteiger partial charge in [-0.2, -0.15) is 0 Å². The van der Waals surface area contributed by atoms with E-state index in [1.807, 2.05) is 105 Å². The van der Waals surface area contributed by atoms with Crippen molar-refractivity contribution in [2.24, 2.45) is 0 Å². The zero-order valence-electron chi connectivity index (χ0n) is 21.8. The van der Waals surface area contributed by atoms with E-state index in [-0.39, 0.29) is 31.0 Å². The van der Waals surface area contributed by atoms with Crippen LogP contribution in [0.25, 0.3) is 10.8 Å². The van der Waals surface area contributed by atoms with Gasteiger partial charge in [0.05, 0.1) is 0 Å². The monoisotopic (exact) mass is 528 g/mol. The molecule has 4 aromatic rings. The molecule has 0 aromatic heterocycles. The summed E-state index contributed by atoms with van der Waals surface area (Å²) in [5.41, 5.74) is 1.81. The lowest BCUT2D eigenvalue weighted by Gasteiger charge is -2.32. The maximum absolute atomic E-state index is 13.8. The first-order valence-electron chi connectivity index (χ1n) is 12.9. The van der Waals surface area contributed by atoms with Crippen LogP contribution in [0.15, 0.2) is 97.1 Å². The number of carbonyl (C=O) groups excluding carboxylic acids is 2. The summed E-state index contributed by atoms with van der Waals surface area (Å²) in [4.78, 5) is 29.0. The fourth-order valence-electron chi connectivity index (χ4n) is 4.37. The molecule has 4 aromatic carbocycles. The number of halogens is 1. The predicted molar refractivity (Wildman–Crippen MR) is 153 cm³/mol. The van der Waals surface area contributed by atoms with Crippen LogP contribution in [0.4, 0.5) is 0 Å². The third-order valence-electron chi connectivity index (χ3n) is 6.61. The number of nitrogens with one attached hydrogen (secondary N) is 1. The zero-order valence-corrected chi connectivity index (χ0v) is 22.5. The van der Waals surface area contributed by atoms with E-state index in [0.717, 1.165) is 28.3 Å². The Morgan fingerprint density at radius 1 is 0.895 bits per heavy atom. The van der Waals surface area contributed by atoms with Gasteiger partial charge >= 0.3 is 0 Å². The molecule has 0 unspecified atom stereocenters. The van der Waals surface area contributed by atoms with E-state index in [1.54, 1.807) is 11.0 Å². The summed E-state index contributed by atoms with van der Waals surface area (Å²) in [6.45, 7) is 4.01. The number of carbonyl (C=O) groups is 2. The summed E-state index contributed by atoms with van der Waals surface area (Å²) >= 11 is 6.26. The summed E-state index contributed by atoms with van der Waals surface area (Å²) in [6.07, 6.45) is 1.17. The highest BCUT2D eigenvalue weighted by Crippen LogP contribution is 2.25. The maximum atomic E-state index is 13.8. The third-order valence-corrected chi connectivity index (χ3v) is 6.85. The van der Waals surface area contributed by atoms with Crippen molar-refractivity contribution in [3.8, 4) is 5.75 Å². The molecule has 6 heteroatoms. The molecule has 0 spiro atoms. The Hall–Kier alpha value is -3.83. The van der Waals surface area contributed by atoms with Crippen LogP contribution in [0.1, 0.15) is 31.4 Å². The average molecular weight is 529 g/mol. The Morgan fingerprint density at radius 3 is 2.34 bits per heavy atom. The van der Waals surface area contributed by atoms with Crippen molar-refractivity contribution >= 4 is 34.2 Å². The van der Waals surface area contributed by atoms with Crippen LogP contribution in [-0.2, 0) is 22.6 Å². The summed E-state index contributed by atoms with van der Waals surface area (Å²) in [5, 5.41) is 5.62. The van der Waals surface area contributed by atoms with Crippen LogP contribution in [0, 0.1) is 0 Å². The molecule has 0 aliphatic rings. The van der Waals surface area contributed by atoms with Gasteiger partial charge in [-0.1, -0.05) is 97.4 Å². The molecule has 38 heavy (non-hydrogen) atoms. The molecule has 2 atom stereocenters. The molecule has 0 aliphatic heterocycles. The summed E-state index contributed by atoms with van der Waals surface area (Å²) in [6, 6.07) is 30.0. The third kappa shape index (κ3) is 7.14. The molecule has 4 rings (SSSR count). The molecule has 1 N–H and O–H groups in total. The van der Waals surface area contributed by atoms with Gasteiger partial charge < -0.3 is 15.0 Å². The van der Waals surface area contributed by atoms with Crippen LogP contribution in [0.5, 0.6) is 5.75 Å². The summed E-state index contributed by atoms with van der Waals surface area (Å²) in [7, 11) is 0. The van der Waals surface area contributed by atoms with Crippen molar-refractivity contribution < 1.29 is 14.3 Å². The first-order chi connectivity index (χ1) is 18.4. The highest BCUT2D eigenvalue weighted by Gasteiger charge is 2.31. The molecule has 0 saturated heterocycles. The van der Waals surface area contributed by atoms with Gasteiger partial charge in [0.2, 0.25) is 5.91 Å². The van der Waals surface area contributed by atoms with Gasteiger partial charge in [-0.3, -0.25) is 9.59 Å². The van der Waals surface area contributed by atoms with E-state index in [1.165, 1.54) is 0 Å². The van der Waals surface area contributed by atoms with E-state index in [9.17, 15) is 9.59 Å². The molecule has 0 radical (unpaired) electrons. The van der Waals surface area contributed by atoms with Crippen LogP contribution >= 0.6 is 11.6 Å². The highest BCUT2D eigenvalue weighted by atomic mass is 35.5. The molecule has 196 valence electrons. The Morgan fingerprint density at radius 2 is 1.58 bits per heavy atom. The molecule has 0 fully saturated rings. The molecule has 5 nitrogen and oxygen atoms in total. The fraction of sp³-hybridized carbons (Fsp3) is 0.250. The smallest absolute Gasteiger partial charge is 0.261 e. The molecular formula is C32H33ClN2O3. The maximum Gasteiger partial charge on any atom is 0.261 e. The number of ether oxygens (including phenoxy) is 1. The lowest BCUT2D eigenvalue weighted by Crippen LogP contribution is -2.53. The Bertz CT molecular complexity index is 1370. The molecule has 0 heterocycles. The van der Waals surface area contributed by atoms with E-state index in [0.29, 0.717) is 17.2 Å². The van der Waals surface area contributed by atoms with Gasteiger partial charge in [-0.25, -0.2) is 0 Å². The van der Waals surface area contributed by atoms with Crippen LogP contribution < -0.4 is 10.1 Å². The summed E-state index contributed by atoms with van der Waals surface area (Å²) < 4.78 is 6.06. The molecular weight excluding hydrogens is 496 g/mol. The first kappa shape index (κ1) is 27.2. The van der Waals surface area contributed by atoms with Crippen molar-refractivity contribution in [3.63, 3.8) is 0 Å². The fourth-order valence-corrected chi connectivity index (χ4v) is 4.58. The van der Waals surface area contributed by atoms with Crippen molar-refractivity contribution in [2.75, 3.05) is 6.61 Å². The quantitative estimate of drug-likeness (QED) is 0.244. The van der Waals surface area contributed by atoms with E-state index >= 15 is 0 Å². The second kappa shape index (κ2) is 13.1. The predicted octanol–water partition coefficient (Wildman–Crippen LogP) is 6.43. The first-order valence-corrected chi connectivity index (χ1v) is 13.3. The van der Waals surface area contributed by atoms with Gasteiger partial charge in [-0.15, -0.1) is 0 Å². The Balaban J connectivity index is 1.65. The largest absolute Gasteiger partial charge is 0.483 e. The minimum absolute atomic E-state index is 0.0178. The standard InChI is InChI=1S/C32H33ClN2O3/c1-3-23(2)34-32(37)29(20-24-11-5-4-6-12-24)35(21-25-13-9-16-27(33)19-25)31(36)22-38-30-18-10-15-26-14-7-8-17-28(26)30/h4-19,23,29H,3,20-22H2,1-2H3,(H,34,37)/t23-,29+/m1/s1. The van der Waals surface area contributed by atoms with Crippen molar-refractivity contribution in [3.05, 3.63) is 113 Å². The summed E-state index contributed by atoms with van der Waals surface area (Å²) in [5.74, 6) is 0.157. The van der Waals surface area contributed by atoms with E-state index < -0.39 is 6.04 Å². The number of rotatable bonds is 11. The minimum Gasteiger partial charge on any atom is -0.483 e. The van der Waals surface area contributed by atoms with Gasteiger partial charge in [0.15, 0.2) is 6.61 Å². The average Bonchev–Trinajstić information content (AvgIpc) is 2.94. The molecule has 0 bridgehead atoms. The lowest BCUT2D eigenvalue weighted by molar-refractivity contribution is -0.143. The Labute approximate surface area is 229 Å². The zero-order chi connectivity index (χ0) is 26.9. The SMILES string of the molecule is CC[C@@H](C)NC(=O)[C@H](Cc1ccccc1)N(Cc1cccc(Cl)c1)C(=O)COc1cccc2ccccc12. The van der Waals surface area contributed by atoms with E-state index in [2.05, 4.69) is 5.32 Å². The van der Waals surface area contributed by atoms with Crippen molar-refractivity contribution in [1.29, 1.82) is 0 Å². The minimum atomic E-state index is -0.728. The van der Waals surface area contributed by atoms with Crippen molar-refractivity contribution in [1.82, 2.24) is 10.2 Å². The van der Waals surface area contributed by atoms with Crippen LogP contribution in [0.2, 0.25) is 5.02 Å². The number of nitrogens with zero attached hydrogens (tertiary/aromatic N) is 1. The van der Waals surface area contributed by atoms with E-state index in [4.69, 9.17) is 16.3 Å². The van der Waals surface area contributed by atoms with Gasteiger partial charge in [0, 0.05) is 29.4 Å². The number of amides is 2. The van der Waals surface area contributed by atoms with Gasteiger partial charge in [0.1, 0.15) is 11.8 Å². The number of fused-ring (bicyclic) bond motifs is 1. The van der Waals surface area contributed by atoms with Gasteiger partial charge in [0.25, 0.3) is 5.91 Å². The second-order valence-corrected chi connectivity index (χ2v) is 9.88. The second-order valence-electron chi connectivity index (χ2n) is 9.44. The van der Waals surface area contributed by atoms with Crippen LogP contribution in [0.3, 0.4) is 0 Å². The molecule has 2 amide bonds. The number of hydrogen-bond donors (Lipinski definition) is 1. The highest BCUT2D eigenvalue weighted by molar-refractivity contribution is 6.30. The van der Waals surface area contributed by atoms with Gasteiger partial charge in [-0.05, 0) is 48.1 Å². The number of benzene rings is 4. The number of hydrogen-bond acceptors (Lipinski definition) is 3. The van der Waals surface area contributed by atoms with Crippen molar-refractivity contribution in [2.45, 2.75) is 45.3 Å². The normalized spacial score (nSPS) is 12.5.